The Morgan fingerprint density at radius 1 is 1.33 bits per heavy atom. The summed E-state index contributed by atoms with van der Waals surface area (Å²) < 4.78 is 0. The second-order valence-electron chi connectivity index (χ2n) is 4.46. The Morgan fingerprint density at radius 2 is 2.11 bits per heavy atom. The molecule has 0 spiro atoms. The first-order valence-electron chi connectivity index (χ1n) is 6.19. The molecule has 96 valence electrons. The zero-order valence-corrected chi connectivity index (χ0v) is 11.5. The molecule has 1 fully saturated rings. The highest BCUT2D eigenvalue weighted by atomic mass is 32.1. The van der Waals surface area contributed by atoms with Crippen LogP contribution in [0.25, 0.3) is 10.2 Å². The second kappa shape index (κ2) is 4.70. The molecule has 18 heavy (non-hydrogen) atoms. The fourth-order valence-electron chi connectivity index (χ4n) is 2.26. The minimum absolute atomic E-state index is 0.843. The van der Waals surface area contributed by atoms with Gasteiger partial charge in [0.05, 0.1) is 5.39 Å². The molecular formula is C12H17N5S. The van der Waals surface area contributed by atoms with Crippen LogP contribution in [0.2, 0.25) is 0 Å². The van der Waals surface area contributed by atoms with Crippen molar-refractivity contribution in [3.05, 3.63) is 10.9 Å². The van der Waals surface area contributed by atoms with E-state index in [1.165, 1.54) is 5.56 Å². The normalized spacial score (nSPS) is 16.2. The summed E-state index contributed by atoms with van der Waals surface area (Å²) in [5.74, 6) is 1.78. The number of nitrogens with zero attached hydrogens (tertiary/aromatic N) is 3. The summed E-state index contributed by atoms with van der Waals surface area (Å²) in [4.78, 5) is 12.7. The van der Waals surface area contributed by atoms with Gasteiger partial charge in [0.1, 0.15) is 10.6 Å². The molecule has 2 aromatic heterocycles. The molecular weight excluding hydrogens is 246 g/mol. The predicted octanol–water partition coefficient (Wildman–Crippen LogP) is 1.45. The van der Waals surface area contributed by atoms with Gasteiger partial charge in [0.25, 0.3) is 0 Å². The topological polar surface area (TPSA) is 53.1 Å². The molecule has 2 N–H and O–H groups in total. The summed E-state index contributed by atoms with van der Waals surface area (Å²) in [5, 5.41) is 9.83. The summed E-state index contributed by atoms with van der Waals surface area (Å²) >= 11 is 1.69. The van der Waals surface area contributed by atoms with E-state index in [0.29, 0.717) is 0 Å². The third-order valence-corrected chi connectivity index (χ3v) is 4.23. The van der Waals surface area contributed by atoms with Crippen molar-refractivity contribution < 1.29 is 0 Å². The van der Waals surface area contributed by atoms with Gasteiger partial charge < -0.3 is 15.5 Å². The van der Waals surface area contributed by atoms with Crippen molar-refractivity contribution in [1.82, 2.24) is 15.3 Å². The monoisotopic (exact) mass is 263 g/mol. The smallest absolute Gasteiger partial charge is 0.228 e. The fraction of sp³-hybridized carbons (Fsp3) is 0.500. The Balaban J connectivity index is 2.07. The fourth-order valence-corrected chi connectivity index (χ4v) is 3.18. The summed E-state index contributed by atoms with van der Waals surface area (Å²) in [6.07, 6.45) is 0. The summed E-state index contributed by atoms with van der Waals surface area (Å²) in [5.41, 5.74) is 1.24. The highest BCUT2D eigenvalue weighted by Crippen LogP contribution is 2.30. The lowest BCUT2D eigenvalue weighted by molar-refractivity contribution is 0.581. The van der Waals surface area contributed by atoms with Crippen molar-refractivity contribution in [2.75, 3.05) is 43.4 Å². The molecule has 0 amide bonds. The highest BCUT2D eigenvalue weighted by Gasteiger charge is 2.17. The quantitative estimate of drug-likeness (QED) is 0.859. The van der Waals surface area contributed by atoms with Crippen LogP contribution in [-0.2, 0) is 0 Å². The van der Waals surface area contributed by atoms with Crippen LogP contribution in [0.4, 0.5) is 11.8 Å². The summed E-state index contributed by atoms with van der Waals surface area (Å²) in [6.45, 7) is 6.05. The Hall–Kier alpha value is -1.40. The number of nitrogens with one attached hydrogen (secondary N) is 2. The second-order valence-corrected chi connectivity index (χ2v) is 5.32. The van der Waals surface area contributed by atoms with Crippen molar-refractivity contribution in [3.8, 4) is 0 Å². The van der Waals surface area contributed by atoms with Crippen LogP contribution in [0.15, 0.2) is 5.38 Å². The van der Waals surface area contributed by atoms with Crippen molar-refractivity contribution in [3.63, 3.8) is 0 Å². The van der Waals surface area contributed by atoms with Gasteiger partial charge in [-0.05, 0) is 17.9 Å². The summed E-state index contributed by atoms with van der Waals surface area (Å²) in [6, 6.07) is 0. The molecule has 5 nitrogen and oxygen atoms in total. The minimum Gasteiger partial charge on any atom is -0.372 e. The first-order chi connectivity index (χ1) is 8.79. The van der Waals surface area contributed by atoms with Gasteiger partial charge in [-0.1, -0.05) is 0 Å². The van der Waals surface area contributed by atoms with Crippen molar-refractivity contribution >= 4 is 33.3 Å². The Morgan fingerprint density at radius 3 is 2.83 bits per heavy atom. The molecule has 0 unspecified atom stereocenters. The molecule has 1 saturated heterocycles. The van der Waals surface area contributed by atoms with E-state index >= 15 is 0 Å². The number of anilines is 2. The molecule has 0 aliphatic carbocycles. The number of hydrogen-bond donors (Lipinski definition) is 2. The number of fused-ring (bicyclic) bond motifs is 1. The molecule has 1 aliphatic heterocycles. The molecule has 0 bridgehead atoms. The van der Waals surface area contributed by atoms with E-state index in [1.807, 2.05) is 7.05 Å². The molecule has 0 atom stereocenters. The molecule has 6 heteroatoms. The molecule has 0 radical (unpaired) electrons. The van der Waals surface area contributed by atoms with Gasteiger partial charge in [0.15, 0.2) is 0 Å². The average Bonchev–Trinajstić information content (AvgIpc) is 2.81. The summed E-state index contributed by atoms with van der Waals surface area (Å²) in [7, 11) is 1.92. The number of hydrogen-bond acceptors (Lipinski definition) is 6. The zero-order valence-electron chi connectivity index (χ0n) is 10.7. The van der Waals surface area contributed by atoms with Crippen molar-refractivity contribution in [2.45, 2.75) is 6.92 Å². The molecule has 3 rings (SSSR count). The van der Waals surface area contributed by atoms with Crippen LogP contribution in [-0.4, -0.2) is 43.2 Å². The van der Waals surface area contributed by atoms with E-state index in [0.717, 1.165) is 48.2 Å². The van der Waals surface area contributed by atoms with Crippen LogP contribution in [0.3, 0.4) is 0 Å². The van der Waals surface area contributed by atoms with Gasteiger partial charge >= 0.3 is 0 Å². The molecule has 2 aromatic rings. The number of piperazine rings is 1. The van der Waals surface area contributed by atoms with E-state index in [1.54, 1.807) is 11.3 Å². The minimum atomic E-state index is 0.843. The largest absolute Gasteiger partial charge is 0.372 e. The van der Waals surface area contributed by atoms with E-state index in [9.17, 15) is 0 Å². The predicted molar refractivity (Wildman–Crippen MR) is 76.8 cm³/mol. The standard InChI is InChI=1S/C12H17N5S/c1-8-7-18-11-9(8)10(13-2)15-12(16-11)17-5-3-14-4-6-17/h7,14H,3-6H2,1-2H3,(H,13,15,16). The van der Waals surface area contributed by atoms with E-state index in [2.05, 4.69) is 32.8 Å². The Kier molecular flexibility index (Phi) is 3.05. The maximum Gasteiger partial charge on any atom is 0.228 e. The maximum atomic E-state index is 4.69. The van der Waals surface area contributed by atoms with Gasteiger partial charge in [-0.15, -0.1) is 11.3 Å². The van der Waals surface area contributed by atoms with Gasteiger partial charge in [-0.2, -0.15) is 4.98 Å². The number of thiophene rings is 1. The van der Waals surface area contributed by atoms with Crippen LogP contribution in [0.1, 0.15) is 5.56 Å². The van der Waals surface area contributed by atoms with Gasteiger partial charge in [-0.3, -0.25) is 0 Å². The third-order valence-electron chi connectivity index (χ3n) is 3.24. The lowest BCUT2D eigenvalue weighted by atomic mass is 10.2. The van der Waals surface area contributed by atoms with Crippen molar-refractivity contribution in [1.29, 1.82) is 0 Å². The van der Waals surface area contributed by atoms with Gasteiger partial charge in [0.2, 0.25) is 5.95 Å². The SMILES string of the molecule is CNc1nc(N2CCNCC2)nc2scc(C)c12. The molecule has 3 heterocycles. The zero-order chi connectivity index (χ0) is 12.5. The van der Waals surface area contributed by atoms with Crippen LogP contribution in [0, 0.1) is 6.92 Å². The molecule has 1 aliphatic rings. The molecule has 0 saturated carbocycles. The van der Waals surface area contributed by atoms with Gasteiger partial charge in [0, 0.05) is 33.2 Å². The van der Waals surface area contributed by atoms with E-state index in [-0.39, 0.29) is 0 Å². The Labute approximate surface area is 110 Å². The van der Waals surface area contributed by atoms with Gasteiger partial charge in [-0.25, -0.2) is 4.98 Å². The molecule has 0 aromatic carbocycles. The number of rotatable bonds is 2. The lowest BCUT2D eigenvalue weighted by Crippen LogP contribution is -2.44. The third kappa shape index (κ3) is 1.91. The average molecular weight is 263 g/mol. The lowest BCUT2D eigenvalue weighted by Gasteiger charge is -2.27. The van der Waals surface area contributed by atoms with E-state index < -0.39 is 0 Å². The first kappa shape index (κ1) is 11.7. The van der Waals surface area contributed by atoms with Crippen LogP contribution < -0.4 is 15.5 Å². The number of aryl methyl sites for hydroxylation is 1. The Bertz CT molecular complexity index is 559. The van der Waals surface area contributed by atoms with Crippen LogP contribution in [0.5, 0.6) is 0 Å². The highest BCUT2D eigenvalue weighted by molar-refractivity contribution is 7.17. The number of aromatic nitrogens is 2. The first-order valence-corrected chi connectivity index (χ1v) is 7.07. The van der Waals surface area contributed by atoms with Crippen molar-refractivity contribution in [2.24, 2.45) is 0 Å². The maximum absolute atomic E-state index is 4.69. The van der Waals surface area contributed by atoms with Crippen LogP contribution >= 0.6 is 11.3 Å². The van der Waals surface area contributed by atoms with E-state index in [4.69, 9.17) is 4.98 Å².